The van der Waals surface area contributed by atoms with E-state index in [-0.39, 0.29) is 25.0 Å². The fraction of sp³-hybridized carbons (Fsp3) is 0.263. The highest BCUT2D eigenvalue weighted by Crippen LogP contribution is 2.13. The predicted molar refractivity (Wildman–Crippen MR) is 94.2 cm³/mol. The van der Waals surface area contributed by atoms with Gasteiger partial charge in [-0.15, -0.1) is 0 Å². The van der Waals surface area contributed by atoms with Crippen LogP contribution in [0.2, 0.25) is 0 Å². The number of amides is 2. The van der Waals surface area contributed by atoms with Gasteiger partial charge in [0.15, 0.2) is 6.61 Å². The molecule has 24 heavy (non-hydrogen) atoms. The number of para-hydroxylation sites is 1. The first-order valence-electron chi connectivity index (χ1n) is 7.91. The molecule has 0 radical (unpaired) electrons. The molecule has 0 atom stereocenters. The fourth-order valence-electron chi connectivity index (χ4n) is 2.21. The Balaban J connectivity index is 1.80. The summed E-state index contributed by atoms with van der Waals surface area (Å²) < 4.78 is 5.39. The van der Waals surface area contributed by atoms with Crippen molar-refractivity contribution < 1.29 is 14.3 Å². The second kappa shape index (κ2) is 8.72. The van der Waals surface area contributed by atoms with Crippen molar-refractivity contribution in [2.75, 3.05) is 24.6 Å². The molecule has 2 aromatic rings. The molecule has 0 saturated heterocycles. The Morgan fingerprint density at radius 3 is 2.33 bits per heavy atom. The lowest BCUT2D eigenvalue weighted by atomic mass is 10.2. The molecule has 0 aliphatic heterocycles. The van der Waals surface area contributed by atoms with Crippen LogP contribution in [0.1, 0.15) is 12.5 Å². The van der Waals surface area contributed by atoms with Gasteiger partial charge in [0.1, 0.15) is 5.75 Å². The summed E-state index contributed by atoms with van der Waals surface area (Å²) in [7, 11) is 0. The molecule has 0 aliphatic carbocycles. The van der Waals surface area contributed by atoms with E-state index in [1.165, 1.54) is 0 Å². The number of aryl methyl sites for hydroxylation is 1. The summed E-state index contributed by atoms with van der Waals surface area (Å²) in [5.41, 5.74) is 1.94. The van der Waals surface area contributed by atoms with Crippen LogP contribution in [0.4, 0.5) is 5.69 Å². The molecule has 0 bridgehead atoms. The normalized spacial score (nSPS) is 10.1. The van der Waals surface area contributed by atoms with E-state index in [1.54, 1.807) is 4.90 Å². The van der Waals surface area contributed by atoms with Gasteiger partial charge in [0.25, 0.3) is 5.91 Å². The molecule has 126 valence electrons. The molecular weight excluding hydrogens is 304 g/mol. The number of carbonyl (C=O) groups is 2. The zero-order valence-electron chi connectivity index (χ0n) is 14.0. The van der Waals surface area contributed by atoms with Gasteiger partial charge >= 0.3 is 0 Å². The molecule has 2 rings (SSSR count). The van der Waals surface area contributed by atoms with Crippen LogP contribution in [0.5, 0.6) is 5.75 Å². The second-order valence-electron chi connectivity index (χ2n) is 5.35. The summed E-state index contributed by atoms with van der Waals surface area (Å²) in [5, 5.41) is 2.59. The van der Waals surface area contributed by atoms with Gasteiger partial charge in [-0.3, -0.25) is 9.59 Å². The first-order chi connectivity index (χ1) is 11.6. The minimum Gasteiger partial charge on any atom is -0.484 e. The fourth-order valence-corrected chi connectivity index (χ4v) is 2.21. The van der Waals surface area contributed by atoms with Crippen molar-refractivity contribution in [3.63, 3.8) is 0 Å². The van der Waals surface area contributed by atoms with Crippen molar-refractivity contribution in [1.82, 2.24) is 5.32 Å². The zero-order valence-corrected chi connectivity index (χ0v) is 14.0. The Bertz CT molecular complexity index is 669. The van der Waals surface area contributed by atoms with Crippen LogP contribution in [0.25, 0.3) is 0 Å². The van der Waals surface area contributed by atoms with Gasteiger partial charge < -0.3 is 15.0 Å². The molecule has 0 aliphatic rings. The van der Waals surface area contributed by atoms with Gasteiger partial charge in [0.05, 0.1) is 6.54 Å². The average molecular weight is 326 g/mol. The molecule has 0 aromatic heterocycles. The molecule has 5 nitrogen and oxygen atoms in total. The van der Waals surface area contributed by atoms with Gasteiger partial charge in [0, 0.05) is 12.2 Å². The zero-order chi connectivity index (χ0) is 17.4. The van der Waals surface area contributed by atoms with Crippen LogP contribution >= 0.6 is 0 Å². The maximum absolute atomic E-state index is 12.3. The second-order valence-corrected chi connectivity index (χ2v) is 5.35. The number of hydrogen-bond acceptors (Lipinski definition) is 3. The molecule has 2 aromatic carbocycles. The Labute approximate surface area is 142 Å². The number of nitrogens with zero attached hydrogens (tertiary/aromatic N) is 1. The maximum atomic E-state index is 12.3. The third-order valence-corrected chi connectivity index (χ3v) is 3.51. The number of carbonyl (C=O) groups excluding carboxylic acids is 2. The highest BCUT2D eigenvalue weighted by molar-refractivity contribution is 5.96. The number of benzene rings is 2. The van der Waals surface area contributed by atoms with Gasteiger partial charge in [0.2, 0.25) is 5.91 Å². The van der Waals surface area contributed by atoms with E-state index in [2.05, 4.69) is 5.32 Å². The summed E-state index contributed by atoms with van der Waals surface area (Å²) in [5.74, 6) is 0.141. The van der Waals surface area contributed by atoms with Crippen LogP contribution in [0.3, 0.4) is 0 Å². The van der Waals surface area contributed by atoms with Crippen LogP contribution in [-0.4, -0.2) is 31.5 Å². The lowest BCUT2D eigenvalue weighted by molar-refractivity contribution is -0.126. The molecule has 1 N–H and O–H groups in total. The van der Waals surface area contributed by atoms with E-state index in [0.29, 0.717) is 12.3 Å². The molecule has 0 fully saturated rings. The van der Waals surface area contributed by atoms with Crippen LogP contribution in [0, 0.1) is 6.92 Å². The number of likely N-dealkylation sites (N-methyl/N-ethyl adjacent to an activating group) is 1. The average Bonchev–Trinajstić information content (AvgIpc) is 2.61. The van der Waals surface area contributed by atoms with Crippen molar-refractivity contribution in [2.24, 2.45) is 0 Å². The van der Waals surface area contributed by atoms with E-state index in [9.17, 15) is 9.59 Å². The number of nitrogens with one attached hydrogen (secondary N) is 1. The lowest BCUT2D eigenvalue weighted by Crippen LogP contribution is -2.41. The smallest absolute Gasteiger partial charge is 0.258 e. The van der Waals surface area contributed by atoms with Crippen molar-refractivity contribution in [2.45, 2.75) is 13.8 Å². The Morgan fingerprint density at radius 2 is 1.71 bits per heavy atom. The van der Waals surface area contributed by atoms with E-state index >= 15 is 0 Å². The number of hydrogen-bond donors (Lipinski definition) is 1. The van der Waals surface area contributed by atoms with Crippen LogP contribution < -0.4 is 15.0 Å². The quantitative estimate of drug-likeness (QED) is 0.851. The first-order valence-corrected chi connectivity index (χ1v) is 7.91. The standard InChI is InChI=1S/C19H22N2O3/c1-3-21(16-7-5-4-6-8-16)19(23)13-20-18(22)14-24-17-11-9-15(2)10-12-17/h4-12H,3,13-14H2,1-2H3,(H,20,22). The van der Waals surface area contributed by atoms with Gasteiger partial charge in [-0.25, -0.2) is 0 Å². The molecule has 2 amide bonds. The molecule has 0 unspecified atom stereocenters. The van der Waals surface area contributed by atoms with Crippen molar-refractivity contribution in [3.05, 3.63) is 60.2 Å². The SMILES string of the molecule is CCN(C(=O)CNC(=O)COc1ccc(C)cc1)c1ccccc1. The van der Waals surface area contributed by atoms with Crippen LogP contribution in [0.15, 0.2) is 54.6 Å². The third-order valence-electron chi connectivity index (χ3n) is 3.51. The van der Waals surface area contributed by atoms with Gasteiger partial charge in [-0.2, -0.15) is 0 Å². The van der Waals surface area contributed by atoms with E-state index < -0.39 is 0 Å². The molecular formula is C19H22N2O3. The van der Waals surface area contributed by atoms with Crippen molar-refractivity contribution >= 4 is 17.5 Å². The summed E-state index contributed by atoms with van der Waals surface area (Å²) in [6, 6.07) is 16.8. The maximum Gasteiger partial charge on any atom is 0.258 e. The van der Waals surface area contributed by atoms with Crippen LogP contribution in [-0.2, 0) is 9.59 Å². The van der Waals surface area contributed by atoms with Gasteiger partial charge in [-0.05, 0) is 38.1 Å². The minimum absolute atomic E-state index is 0.0567. The highest BCUT2D eigenvalue weighted by Gasteiger charge is 2.14. The summed E-state index contributed by atoms with van der Waals surface area (Å²) >= 11 is 0. The highest BCUT2D eigenvalue weighted by atomic mass is 16.5. The Kier molecular flexibility index (Phi) is 6.37. The van der Waals surface area contributed by atoms with Crippen molar-refractivity contribution in [3.8, 4) is 5.75 Å². The Morgan fingerprint density at radius 1 is 1.04 bits per heavy atom. The third kappa shape index (κ3) is 5.12. The van der Waals surface area contributed by atoms with E-state index in [4.69, 9.17) is 4.74 Å². The topological polar surface area (TPSA) is 58.6 Å². The first kappa shape index (κ1) is 17.5. The number of rotatable bonds is 7. The Hall–Kier alpha value is -2.82. The summed E-state index contributed by atoms with van der Waals surface area (Å²) in [4.78, 5) is 25.7. The van der Waals surface area contributed by atoms with E-state index in [0.717, 1.165) is 11.3 Å². The largest absolute Gasteiger partial charge is 0.484 e. The number of anilines is 1. The summed E-state index contributed by atoms with van der Waals surface area (Å²) in [6.45, 7) is 4.24. The van der Waals surface area contributed by atoms with Gasteiger partial charge in [-0.1, -0.05) is 35.9 Å². The molecule has 0 heterocycles. The van der Waals surface area contributed by atoms with E-state index in [1.807, 2.05) is 68.4 Å². The minimum atomic E-state index is -0.326. The van der Waals surface area contributed by atoms with Crippen molar-refractivity contribution in [1.29, 1.82) is 0 Å². The molecule has 5 heteroatoms. The summed E-state index contributed by atoms with van der Waals surface area (Å²) in [6.07, 6.45) is 0. The lowest BCUT2D eigenvalue weighted by Gasteiger charge is -2.21. The molecule has 0 spiro atoms. The molecule has 0 saturated carbocycles. The predicted octanol–water partition coefficient (Wildman–Crippen LogP) is 2.54. The number of ether oxygens (including phenoxy) is 1. The monoisotopic (exact) mass is 326 g/mol.